The molecule has 0 radical (unpaired) electrons. The number of anilines is 1. The summed E-state index contributed by atoms with van der Waals surface area (Å²) in [6, 6.07) is 0. The van der Waals surface area contributed by atoms with E-state index in [0.29, 0.717) is 0 Å². The molecule has 32 heavy (non-hydrogen) atoms. The maximum absolute atomic E-state index is 12.2. The first kappa shape index (κ1) is 25.6. The number of aliphatic hydroxyl groups excluding tert-OH is 2. The molecule has 21 heteroatoms. The van der Waals surface area contributed by atoms with E-state index < -0.39 is 59.0 Å². The molecule has 180 valence electrons. The Kier molecular flexibility index (Phi) is 7.17. The molecular formula is C11H17ClN5O12P3. The van der Waals surface area contributed by atoms with Crippen LogP contribution in [0.1, 0.15) is 6.23 Å². The van der Waals surface area contributed by atoms with E-state index in [1.54, 1.807) is 0 Å². The highest BCUT2D eigenvalue weighted by Crippen LogP contribution is 2.71. The summed E-state index contributed by atoms with van der Waals surface area (Å²) >= 11 is 5.40. The van der Waals surface area contributed by atoms with Crippen LogP contribution in [0.3, 0.4) is 0 Å². The van der Waals surface area contributed by atoms with E-state index in [1.807, 2.05) is 0 Å². The minimum absolute atomic E-state index is 0.0435. The average Bonchev–Trinajstić information content (AvgIpc) is 3.21. The Hall–Kier alpha value is -1.03. The lowest BCUT2D eigenvalue weighted by Gasteiger charge is -2.23. The predicted molar refractivity (Wildman–Crippen MR) is 104 cm³/mol. The van der Waals surface area contributed by atoms with Crippen LogP contribution >= 0.6 is 34.6 Å². The number of hydrogen-bond donors (Lipinski definition) is 7. The lowest BCUT2D eigenvalue weighted by atomic mass is 10.1. The second kappa shape index (κ2) is 8.96. The van der Waals surface area contributed by atoms with Gasteiger partial charge in [-0.1, -0.05) is 11.6 Å². The Morgan fingerprint density at radius 2 is 1.78 bits per heavy atom. The number of nitrogens with zero attached hydrogens (tertiary/aromatic N) is 4. The van der Waals surface area contributed by atoms with Gasteiger partial charge in [0.2, 0.25) is 4.86 Å². The van der Waals surface area contributed by atoms with Gasteiger partial charge < -0.3 is 44.8 Å². The molecule has 8 N–H and O–H groups in total. The molecule has 3 heterocycles. The van der Waals surface area contributed by atoms with E-state index in [9.17, 15) is 33.7 Å². The summed E-state index contributed by atoms with van der Waals surface area (Å²) < 4.78 is 49.6. The first-order valence-corrected chi connectivity index (χ1v) is 13.5. The van der Waals surface area contributed by atoms with E-state index in [1.165, 1.54) is 10.9 Å². The monoisotopic (exact) mass is 539 g/mol. The highest BCUT2D eigenvalue weighted by Gasteiger charge is 2.51. The zero-order chi connectivity index (χ0) is 24.1. The molecule has 2 aromatic heterocycles. The number of nitrogen functional groups attached to an aromatic ring is 1. The number of ether oxygens (including phenoxy) is 1. The second-order valence-electron chi connectivity index (χ2n) is 6.44. The number of fused-ring (bicyclic) bond motifs is 1. The number of hydrogen-bond acceptors (Lipinski definition) is 12. The summed E-state index contributed by atoms with van der Waals surface area (Å²) in [7, 11) is -16.3. The number of nitrogens with two attached hydrogens (primary N) is 1. The maximum atomic E-state index is 12.2. The van der Waals surface area contributed by atoms with Crippen molar-refractivity contribution in [2.75, 3.05) is 12.3 Å². The van der Waals surface area contributed by atoms with Gasteiger partial charge in [-0.2, -0.15) is 0 Å². The molecule has 2 aromatic rings. The lowest BCUT2D eigenvalue weighted by Crippen LogP contribution is -2.33. The van der Waals surface area contributed by atoms with Gasteiger partial charge in [0, 0.05) is 0 Å². The largest absolute Gasteiger partial charge is 0.476 e. The van der Waals surface area contributed by atoms with Crippen LogP contribution in [0.4, 0.5) is 5.82 Å². The molecule has 0 aliphatic carbocycles. The molecule has 17 nitrogen and oxygen atoms in total. The van der Waals surface area contributed by atoms with Crippen LogP contribution in [-0.4, -0.2) is 79.1 Å². The van der Waals surface area contributed by atoms with Gasteiger partial charge in [-0.15, -0.1) is 0 Å². The zero-order valence-electron chi connectivity index (χ0n) is 15.5. The maximum Gasteiger partial charge on any atom is 0.476 e. The average molecular weight is 540 g/mol. The molecule has 1 aliphatic heterocycles. The summed E-state index contributed by atoms with van der Waals surface area (Å²) in [4.78, 5) is 45.5. The molecule has 3 rings (SSSR count). The van der Waals surface area contributed by atoms with Crippen molar-refractivity contribution in [1.82, 2.24) is 19.5 Å². The SMILES string of the molecule is Nc1ncnc2c1ncn2C1OC(COP(=O)(O)[C@H](Cl)P(=O)(O)OP(=O)(O)O)C(O)C1O. The van der Waals surface area contributed by atoms with Crippen LogP contribution in [0.25, 0.3) is 11.2 Å². The van der Waals surface area contributed by atoms with E-state index in [4.69, 9.17) is 31.9 Å². The van der Waals surface area contributed by atoms with Crippen molar-refractivity contribution in [2.45, 2.75) is 29.4 Å². The molecule has 0 bridgehead atoms. The van der Waals surface area contributed by atoms with Crippen molar-refractivity contribution in [1.29, 1.82) is 0 Å². The van der Waals surface area contributed by atoms with Crippen molar-refractivity contribution in [3.63, 3.8) is 0 Å². The van der Waals surface area contributed by atoms with Crippen molar-refractivity contribution in [3.8, 4) is 0 Å². The molecule has 1 aliphatic rings. The molecule has 0 amide bonds. The Morgan fingerprint density at radius 3 is 2.41 bits per heavy atom. The van der Waals surface area contributed by atoms with Crippen LogP contribution in [0, 0.1) is 0 Å². The van der Waals surface area contributed by atoms with Crippen LogP contribution < -0.4 is 5.73 Å². The van der Waals surface area contributed by atoms with Gasteiger partial charge in [0.25, 0.3) is 0 Å². The van der Waals surface area contributed by atoms with Gasteiger partial charge in [-0.3, -0.25) is 13.7 Å². The van der Waals surface area contributed by atoms with Gasteiger partial charge >= 0.3 is 23.0 Å². The Bertz CT molecular complexity index is 1140. The molecule has 0 saturated carbocycles. The van der Waals surface area contributed by atoms with Crippen LogP contribution in [0.5, 0.6) is 0 Å². The Morgan fingerprint density at radius 1 is 1.12 bits per heavy atom. The molecule has 7 atom stereocenters. The molecule has 6 unspecified atom stereocenters. The molecule has 0 aromatic carbocycles. The summed E-state index contributed by atoms with van der Waals surface area (Å²) in [5, 5.41) is 20.5. The van der Waals surface area contributed by atoms with E-state index in [2.05, 4.69) is 23.8 Å². The number of aliphatic hydroxyl groups is 2. The van der Waals surface area contributed by atoms with Gasteiger partial charge in [-0.25, -0.2) is 23.8 Å². The number of imidazole rings is 1. The Labute approximate surface area is 183 Å². The fourth-order valence-corrected chi connectivity index (χ4v) is 7.33. The topological polar surface area (TPSA) is 270 Å². The highest BCUT2D eigenvalue weighted by molar-refractivity contribution is 7.77. The van der Waals surface area contributed by atoms with Gasteiger partial charge in [0.05, 0.1) is 12.9 Å². The van der Waals surface area contributed by atoms with Crippen molar-refractivity contribution >= 4 is 51.6 Å². The first-order chi connectivity index (χ1) is 14.6. The summed E-state index contributed by atoms with van der Waals surface area (Å²) in [6.45, 7) is -0.925. The summed E-state index contributed by atoms with van der Waals surface area (Å²) in [5.74, 6) is 0.0435. The van der Waals surface area contributed by atoms with Crippen molar-refractivity contribution in [3.05, 3.63) is 12.7 Å². The highest BCUT2D eigenvalue weighted by atomic mass is 35.5. The fraction of sp³-hybridized carbons (Fsp3) is 0.545. The number of alkyl halides is 1. The van der Waals surface area contributed by atoms with Gasteiger partial charge in [-0.05, 0) is 0 Å². The zero-order valence-corrected chi connectivity index (χ0v) is 18.9. The van der Waals surface area contributed by atoms with Crippen molar-refractivity contribution < 1.29 is 57.1 Å². The number of aromatic nitrogens is 4. The minimum Gasteiger partial charge on any atom is -0.387 e. The van der Waals surface area contributed by atoms with E-state index in [0.717, 1.165) is 6.33 Å². The fourth-order valence-electron chi connectivity index (χ4n) is 2.77. The normalized spacial score (nSPS) is 29.0. The molecule has 0 spiro atoms. The standard InChI is InChI=1S/C11H17ClN5O12P3/c12-11(31(22,23)29-32(24,25)26)30(20,21)27-1-4-6(18)7(19)10(28-4)17-3-16-5-8(13)14-2-15-9(5)17/h2-4,6-7,10-11,18-19H,1H2,(H,20,21)(H,22,23)(H2,13,14,15)(H2,24,25,26)/t4?,6?,7?,10?,11-/m0/s1. The minimum atomic E-state index is -5.54. The molecular weight excluding hydrogens is 523 g/mol. The molecule has 1 saturated heterocycles. The van der Waals surface area contributed by atoms with Crippen LogP contribution in [0.2, 0.25) is 0 Å². The smallest absolute Gasteiger partial charge is 0.387 e. The van der Waals surface area contributed by atoms with E-state index >= 15 is 0 Å². The molecule has 1 fully saturated rings. The lowest BCUT2D eigenvalue weighted by molar-refractivity contribution is -0.0484. The third-order valence-corrected chi connectivity index (χ3v) is 10.8. The van der Waals surface area contributed by atoms with Gasteiger partial charge in [0.15, 0.2) is 17.7 Å². The van der Waals surface area contributed by atoms with E-state index in [-0.39, 0.29) is 17.0 Å². The first-order valence-electron chi connectivity index (χ1n) is 8.29. The Balaban J connectivity index is 1.73. The third-order valence-electron chi connectivity index (χ3n) is 4.18. The predicted octanol–water partition coefficient (Wildman–Crippen LogP) is -0.953. The number of rotatable bonds is 8. The second-order valence-corrected chi connectivity index (χ2v) is 13.1. The number of halogens is 1. The quantitative estimate of drug-likeness (QED) is 0.157. The van der Waals surface area contributed by atoms with Crippen LogP contribution in [0.15, 0.2) is 12.7 Å². The van der Waals surface area contributed by atoms with Gasteiger partial charge in [0.1, 0.15) is 30.2 Å². The number of phosphoric acid groups is 1. The third kappa shape index (κ3) is 5.21. The van der Waals surface area contributed by atoms with Crippen molar-refractivity contribution in [2.24, 2.45) is 0 Å². The summed E-state index contributed by atoms with van der Waals surface area (Å²) in [6.07, 6.45) is -3.67. The van der Waals surface area contributed by atoms with Crippen LogP contribution in [-0.2, 0) is 27.3 Å². The summed E-state index contributed by atoms with van der Waals surface area (Å²) in [5.41, 5.74) is 6.02.